The lowest BCUT2D eigenvalue weighted by Crippen LogP contribution is -2.24. The van der Waals surface area contributed by atoms with Gasteiger partial charge in [-0.1, -0.05) is 0 Å². The maximum Gasteiger partial charge on any atom is 0.0549 e. The fourth-order valence-corrected chi connectivity index (χ4v) is 1.59. The Morgan fingerprint density at radius 2 is 2.40 bits per heavy atom. The molecule has 2 atom stereocenters. The van der Waals surface area contributed by atoms with Crippen LogP contribution in [0.15, 0.2) is 0 Å². The van der Waals surface area contributed by atoms with Crippen molar-refractivity contribution in [3.8, 4) is 0 Å². The minimum atomic E-state index is 0.463. The summed E-state index contributed by atoms with van der Waals surface area (Å²) >= 11 is 0. The van der Waals surface area contributed by atoms with Crippen LogP contribution in [0.2, 0.25) is 0 Å². The lowest BCUT2D eigenvalue weighted by atomic mass is 9.93. The van der Waals surface area contributed by atoms with E-state index in [2.05, 4.69) is 6.92 Å². The van der Waals surface area contributed by atoms with E-state index >= 15 is 0 Å². The molecule has 0 unspecified atom stereocenters. The molecule has 1 heterocycles. The third-order valence-corrected chi connectivity index (χ3v) is 2.17. The molecule has 0 bridgehead atoms. The lowest BCUT2D eigenvalue weighted by Gasteiger charge is -2.26. The average Bonchev–Trinajstić information content (AvgIpc) is 1.88. The molecule has 0 aromatic heterocycles. The molecule has 2 nitrogen and oxygen atoms in total. The first-order valence-electron chi connectivity index (χ1n) is 4.14. The summed E-state index contributed by atoms with van der Waals surface area (Å²) in [7, 11) is 0. The lowest BCUT2D eigenvalue weighted by molar-refractivity contribution is 0.00145. The minimum Gasteiger partial charge on any atom is -0.378 e. The van der Waals surface area contributed by atoms with Crippen LogP contribution in [-0.4, -0.2) is 19.3 Å². The monoisotopic (exact) mass is 143 g/mol. The molecule has 0 aromatic rings. The Labute approximate surface area is 62.7 Å². The van der Waals surface area contributed by atoms with E-state index in [4.69, 9.17) is 10.5 Å². The molecule has 0 radical (unpaired) electrons. The highest BCUT2D eigenvalue weighted by atomic mass is 16.5. The Kier molecular flexibility index (Phi) is 3.16. The van der Waals surface area contributed by atoms with Gasteiger partial charge in [-0.3, -0.25) is 0 Å². The summed E-state index contributed by atoms with van der Waals surface area (Å²) in [5, 5.41) is 0. The zero-order valence-corrected chi connectivity index (χ0v) is 6.68. The van der Waals surface area contributed by atoms with Crippen molar-refractivity contribution in [2.75, 3.05) is 13.2 Å². The molecule has 2 N–H and O–H groups in total. The average molecular weight is 143 g/mol. The fourth-order valence-electron chi connectivity index (χ4n) is 1.59. The van der Waals surface area contributed by atoms with E-state index < -0.39 is 0 Å². The van der Waals surface area contributed by atoms with E-state index in [-0.39, 0.29) is 0 Å². The topological polar surface area (TPSA) is 35.2 Å². The van der Waals surface area contributed by atoms with Gasteiger partial charge in [0, 0.05) is 6.61 Å². The van der Waals surface area contributed by atoms with Crippen LogP contribution in [0, 0.1) is 5.92 Å². The van der Waals surface area contributed by atoms with Crippen molar-refractivity contribution >= 4 is 0 Å². The second-order valence-electron chi connectivity index (χ2n) is 3.15. The van der Waals surface area contributed by atoms with E-state index in [0.717, 1.165) is 19.1 Å². The molecule has 1 aliphatic heterocycles. The molecule has 10 heavy (non-hydrogen) atoms. The highest BCUT2D eigenvalue weighted by Crippen LogP contribution is 2.21. The third kappa shape index (κ3) is 2.27. The number of rotatable bonds is 2. The number of ether oxygens (including phenoxy) is 1. The summed E-state index contributed by atoms with van der Waals surface area (Å²) in [5.41, 5.74) is 5.46. The van der Waals surface area contributed by atoms with Crippen LogP contribution in [0.1, 0.15) is 26.2 Å². The Morgan fingerprint density at radius 1 is 1.60 bits per heavy atom. The first-order chi connectivity index (χ1) is 4.83. The Hall–Kier alpha value is -0.0800. The van der Waals surface area contributed by atoms with Crippen LogP contribution in [0.25, 0.3) is 0 Å². The van der Waals surface area contributed by atoms with Gasteiger partial charge in [-0.2, -0.15) is 0 Å². The minimum absolute atomic E-state index is 0.463. The predicted molar refractivity (Wildman–Crippen MR) is 41.8 cm³/mol. The molecular formula is C8H17NO. The molecule has 0 saturated carbocycles. The second kappa shape index (κ2) is 3.94. The summed E-state index contributed by atoms with van der Waals surface area (Å²) in [5.74, 6) is 0.828. The van der Waals surface area contributed by atoms with Crippen molar-refractivity contribution in [1.82, 2.24) is 0 Å². The number of hydrogen-bond donors (Lipinski definition) is 1. The maximum atomic E-state index is 5.46. The van der Waals surface area contributed by atoms with Gasteiger partial charge >= 0.3 is 0 Å². The summed E-state index contributed by atoms with van der Waals surface area (Å²) in [6.45, 7) is 3.91. The molecule has 0 aliphatic carbocycles. The molecule has 0 spiro atoms. The van der Waals surface area contributed by atoms with Gasteiger partial charge in [-0.15, -0.1) is 0 Å². The normalized spacial score (nSPS) is 34.2. The van der Waals surface area contributed by atoms with Gasteiger partial charge in [0.2, 0.25) is 0 Å². The molecule has 60 valence electrons. The molecule has 1 fully saturated rings. The van der Waals surface area contributed by atoms with E-state index in [1.54, 1.807) is 0 Å². The highest BCUT2D eigenvalue weighted by molar-refractivity contribution is 4.68. The van der Waals surface area contributed by atoms with Gasteiger partial charge < -0.3 is 10.5 Å². The van der Waals surface area contributed by atoms with Crippen LogP contribution < -0.4 is 5.73 Å². The summed E-state index contributed by atoms with van der Waals surface area (Å²) in [6.07, 6.45) is 4.05. The summed E-state index contributed by atoms with van der Waals surface area (Å²) < 4.78 is 5.41. The van der Waals surface area contributed by atoms with Crippen LogP contribution in [0.3, 0.4) is 0 Å². The molecular weight excluding hydrogens is 126 g/mol. The Balaban J connectivity index is 2.18. The zero-order valence-electron chi connectivity index (χ0n) is 6.68. The fraction of sp³-hybridized carbons (Fsp3) is 1.00. The Bertz CT molecular complexity index is 93.3. The maximum absolute atomic E-state index is 5.46. The highest BCUT2D eigenvalue weighted by Gasteiger charge is 2.17. The van der Waals surface area contributed by atoms with Gasteiger partial charge in [0.05, 0.1) is 6.10 Å². The molecule has 2 heteroatoms. The van der Waals surface area contributed by atoms with E-state index in [0.29, 0.717) is 6.10 Å². The van der Waals surface area contributed by atoms with Gasteiger partial charge in [0.1, 0.15) is 0 Å². The van der Waals surface area contributed by atoms with E-state index in [9.17, 15) is 0 Å². The largest absolute Gasteiger partial charge is 0.378 e. The first kappa shape index (κ1) is 8.02. The number of nitrogens with two attached hydrogens (primary N) is 1. The van der Waals surface area contributed by atoms with Crippen molar-refractivity contribution < 1.29 is 4.74 Å². The van der Waals surface area contributed by atoms with E-state index in [1.165, 1.54) is 19.3 Å². The van der Waals surface area contributed by atoms with Crippen molar-refractivity contribution in [3.05, 3.63) is 0 Å². The van der Waals surface area contributed by atoms with Crippen LogP contribution in [-0.2, 0) is 4.74 Å². The molecule has 0 aromatic carbocycles. The first-order valence-corrected chi connectivity index (χ1v) is 4.14. The van der Waals surface area contributed by atoms with Gasteiger partial charge in [-0.05, 0) is 38.6 Å². The van der Waals surface area contributed by atoms with Gasteiger partial charge in [0.25, 0.3) is 0 Å². The second-order valence-corrected chi connectivity index (χ2v) is 3.15. The van der Waals surface area contributed by atoms with Crippen molar-refractivity contribution in [2.24, 2.45) is 11.7 Å². The summed E-state index contributed by atoms with van der Waals surface area (Å²) in [4.78, 5) is 0. The molecule has 1 rings (SSSR count). The van der Waals surface area contributed by atoms with E-state index in [1.807, 2.05) is 0 Å². The van der Waals surface area contributed by atoms with Crippen molar-refractivity contribution in [1.29, 1.82) is 0 Å². The summed E-state index contributed by atoms with van der Waals surface area (Å²) in [6, 6.07) is 0. The molecule has 1 aliphatic rings. The van der Waals surface area contributed by atoms with Crippen LogP contribution >= 0.6 is 0 Å². The van der Waals surface area contributed by atoms with Gasteiger partial charge in [-0.25, -0.2) is 0 Å². The van der Waals surface area contributed by atoms with Crippen molar-refractivity contribution in [2.45, 2.75) is 32.3 Å². The van der Waals surface area contributed by atoms with Gasteiger partial charge in [0.15, 0.2) is 0 Å². The standard InChI is InChI=1S/C8H17NO/c1-7-6-8(2-4-9)3-5-10-7/h7-8H,2-6,9H2,1H3/t7-,8-/m1/s1. The smallest absolute Gasteiger partial charge is 0.0549 e. The SMILES string of the molecule is C[C@@H]1C[C@H](CCN)CCO1. The van der Waals surface area contributed by atoms with Crippen molar-refractivity contribution in [3.63, 3.8) is 0 Å². The van der Waals surface area contributed by atoms with Crippen LogP contribution in [0.4, 0.5) is 0 Å². The quantitative estimate of drug-likeness (QED) is 0.629. The number of hydrogen-bond acceptors (Lipinski definition) is 2. The molecule has 1 saturated heterocycles. The third-order valence-electron chi connectivity index (χ3n) is 2.17. The zero-order chi connectivity index (χ0) is 7.40. The predicted octanol–water partition coefficient (Wildman–Crippen LogP) is 1.15. The van der Waals surface area contributed by atoms with Crippen LogP contribution in [0.5, 0.6) is 0 Å². The molecule has 0 amide bonds. The Morgan fingerprint density at radius 3 is 3.00 bits per heavy atom.